The third-order valence-corrected chi connectivity index (χ3v) is 3.41. The van der Waals surface area contributed by atoms with E-state index in [1.807, 2.05) is 6.07 Å². The third kappa shape index (κ3) is 1.77. The molecule has 0 N–H and O–H groups in total. The predicted molar refractivity (Wildman–Crippen MR) is 54.9 cm³/mol. The van der Waals surface area contributed by atoms with Crippen LogP contribution in [-0.4, -0.2) is 10.2 Å². The summed E-state index contributed by atoms with van der Waals surface area (Å²) in [7, 11) is 0. The zero-order chi connectivity index (χ0) is 9.26. The highest BCUT2D eigenvalue weighted by Crippen LogP contribution is 2.31. The van der Waals surface area contributed by atoms with Crippen molar-refractivity contribution < 1.29 is 4.42 Å². The molecule has 0 aliphatic carbocycles. The molecule has 2 heterocycles. The van der Waals surface area contributed by atoms with Gasteiger partial charge in [0.05, 0.1) is 17.7 Å². The summed E-state index contributed by atoms with van der Waals surface area (Å²) >= 11 is 10.3. The summed E-state index contributed by atoms with van der Waals surface area (Å²) < 4.78 is 5.76. The van der Waals surface area contributed by atoms with E-state index >= 15 is 0 Å². The van der Waals surface area contributed by atoms with Crippen molar-refractivity contribution in [2.24, 2.45) is 0 Å². The second-order valence-electron chi connectivity index (χ2n) is 2.24. The zero-order valence-corrected chi connectivity index (χ0v) is 9.49. The van der Waals surface area contributed by atoms with Crippen molar-refractivity contribution in [2.75, 3.05) is 0 Å². The number of alkyl halides is 1. The SMILES string of the molecule is ClCc1nnc(-c2ccoc2Br)s1. The molecule has 0 bridgehead atoms. The van der Waals surface area contributed by atoms with Gasteiger partial charge in [-0.05, 0) is 22.0 Å². The van der Waals surface area contributed by atoms with Gasteiger partial charge in [0.15, 0.2) is 9.68 Å². The molecule has 13 heavy (non-hydrogen) atoms. The summed E-state index contributed by atoms with van der Waals surface area (Å²) in [6, 6.07) is 1.84. The Balaban J connectivity index is 2.41. The van der Waals surface area contributed by atoms with Gasteiger partial charge in [0.25, 0.3) is 0 Å². The predicted octanol–water partition coefficient (Wildman–Crippen LogP) is 3.30. The summed E-state index contributed by atoms with van der Waals surface area (Å²) in [5.74, 6) is 0.396. The van der Waals surface area contributed by atoms with Crippen molar-refractivity contribution in [2.45, 2.75) is 5.88 Å². The monoisotopic (exact) mass is 278 g/mol. The highest BCUT2D eigenvalue weighted by atomic mass is 79.9. The fourth-order valence-corrected chi connectivity index (χ4v) is 2.35. The molecule has 2 aromatic heterocycles. The smallest absolute Gasteiger partial charge is 0.179 e. The number of rotatable bonds is 2. The molecule has 3 nitrogen and oxygen atoms in total. The van der Waals surface area contributed by atoms with E-state index in [-0.39, 0.29) is 0 Å². The van der Waals surface area contributed by atoms with Crippen LogP contribution in [0.2, 0.25) is 0 Å². The number of halogens is 2. The molecular formula is C7H4BrClN2OS. The minimum Gasteiger partial charge on any atom is -0.457 e. The highest BCUT2D eigenvalue weighted by Gasteiger charge is 2.11. The minimum atomic E-state index is 0.396. The Morgan fingerprint density at radius 1 is 1.54 bits per heavy atom. The topological polar surface area (TPSA) is 38.9 Å². The fraction of sp³-hybridized carbons (Fsp3) is 0.143. The van der Waals surface area contributed by atoms with Gasteiger partial charge in [-0.2, -0.15) is 0 Å². The van der Waals surface area contributed by atoms with Gasteiger partial charge in [0.1, 0.15) is 5.01 Å². The Kier molecular flexibility index (Phi) is 2.66. The molecule has 0 radical (unpaired) electrons. The van der Waals surface area contributed by atoms with Crippen LogP contribution in [0.5, 0.6) is 0 Å². The van der Waals surface area contributed by atoms with E-state index in [0.717, 1.165) is 15.6 Å². The lowest BCUT2D eigenvalue weighted by Crippen LogP contribution is -1.74. The lowest BCUT2D eigenvalue weighted by molar-refractivity contribution is 0.542. The Morgan fingerprint density at radius 3 is 2.92 bits per heavy atom. The van der Waals surface area contributed by atoms with Crippen LogP contribution < -0.4 is 0 Å². The second-order valence-corrected chi connectivity index (χ2v) is 4.29. The molecule has 0 fully saturated rings. The first-order valence-corrected chi connectivity index (χ1v) is 5.57. The fourth-order valence-electron chi connectivity index (χ4n) is 0.863. The number of hydrogen-bond acceptors (Lipinski definition) is 4. The van der Waals surface area contributed by atoms with Gasteiger partial charge in [0, 0.05) is 0 Å². The normalized spacial score (nSPS) is 10.6. The molecule has 0 aliphatic rings. The van der Waals surface area contributed by atoms with Crippen LogP contribution >= 0.6 is 38.9 Å². The van der Waals surface area contributed by atoms with Crippen molar-refractivity contribution in [1.29, 1.82) is 0 Å². The molecule has 0 saturated carbocycles. The molecule has 0 atom stereocenters. The van der Waals surface area contributed by atoms with Crippen LogP contribution in [0.3, 0.4) is 0 Å². The molecule has 0 saturated heterocycles. The van der Waals surface area contributed by atoms with Gasteiger partial charge in [0.2, 0.25) is 0 Å². The van der Waals surface area contributed by atoms with Crippen molar-refractivity contribution >= 4 is 38.9 Å². The Bertz CT molecular complexity index is 414. The summed E-state index contributed by atoms with van der Waals surface area (Å²) in [5.41, 5.74) is 0.911. The lowest BCUT2D eigenvalue weighted by atomic mass is 10.4. The minimum absolute atomic E-state index is 0.396. The van der Waals surface area contributed by atoms with Crippen LogP contribution in [0, 0.1) is 0 Å². The molecular weight excluding hydrogens is 276 g/mol. The summed E-state index contributed by atoms with van der Waals surface area (Å²) in [4.78, 5) is 0. The Hall–Kier alpha value is -0.390. The van der Waals surface area contributed by atoms with Gasteiger partial charge in [-0.1, -0.05) is 11.3 Å². The summed E-state index contributed by atoms with van der Waals surface area (Å²) in [5, 5.41) is 9.52. The van der Waals surface area contributed by atoms with Gasteiger partial charge in [-0.15, -0.1) is 21.8 Å². The van der Waals surface area contributed by atoms with Crippen LogP contribution in [0.1, 0.15) is 5.01 Å². The maximum Gasteiger partial charge on any atom is 0.179 e. The van der Waals surface area contributed by atoms with Crippen LogP contribution in [-0.2, 0) is 5.88 Å². The van der Waals surface area contributed by atoms with Gasteiger partial charge in [-0.25, -0.2) is 0 Å². The second kappa shape index (κ2) is 3.77. The van der Waals surface area contributed by atoms with Crippen LogP contribution in [0.25, 0.3) is 10.6 Å². The number of furan rings is 1. The van der Waals surface area contributed by atoms with Gasteiger partial charge in [-0.3, -0.25) is 0 Å². The Labute approximate surface area is 91.9 Å². The van der Waals surface area contributed by atoms with E-state index in [9.17, 15) is 0 Å². The quantitative estimate of drug-likeness (QED) is 0.792. The molecule has 2 aromatic rings. The zero-order valence-electron chi connectivity index (χ0n) is 6.33. The van der Waals surface area contributed by atoms with E-state index in [1.165, 1.54) is 11.3 Å². The molecule has 6 heteroatoms. The first-order valence-electron chi connectivity index (χ1n) is 3.43. The molecule has 0 unspecified atom stereocenters. The molecule has 68 valence electrons. The van der Waals surface area contributed by atoms with E-state index in [2.05, 4.69) is 26.1 Å². The number of nitrogens with zero attached hydrogens (tertiary/aromatic N) is 2. The maximum absolute atomic E-state index is 5.61. The first-order chi connectivity index (χ1) is 6.31. The maximum atomic E-state index is 5.61. The molecule has 0 spiro atoms. The number of aromatic nitrogens is 2. The van der Waals surface area contributed by atoms with Crippen molar-refractivity contribution in [3.8, 4) is 10.6 Å². The molecule has 0 aliphatic heterocycles. The van der Waals surface area contributed by atoms with Crippen LogP contribution in [0.15, 0.2) is 21.4 Å². The summed E-state index contributed by atoms with van der Waals surface area (Å²) in [6.07, 6.45) is 1.60. The molecule has 0 amide bonds. The van der Waals surface area contributed by atoms with E-state index in [0.29, 0.717) is 10.5 Å². The number of hydrogen-bond donors (Lipinski definition) is 0. The average Bonchev–Trinajstić information content (AvgIpc) is 2.71. The van der Waals surface area contributed by atoms with Crippen molar-refractivity contribution in [3.05, 3.63) is 22.0 Å². The van der Waals surface area contributed by atoms with Gasteiger partial charge < -0.3 is 4.42 Å². The van der Waals surface area contributed by atoms with Crippen molar-refractivity contribution in [3.63, 3.8) is 0 Å². The first kappa shape index (κ1) is 9.18. The average molecular weight is 280 g/mol. The van der Waals surface area contributed by atoms with Crippen molar-refractivity contribution in [1.82, 2.24) is 10.2 Å². The third-order valence-electron chi connectivity index (χ3n) is 1.43. The highest BCUT2D eigenvalue weighted by molar-refractivity contribution is 9.10. The molecule has 2 rings (SSSR count). The standard InChI is InChI=1S/C7H4BrClN2OS/c8-6-4(1-2-12-6)7-11-10-5(3-9)13-7/h1-2H,3H2. The van der Waals surface area contributed by atoms with E-state index in [4.69, 9.17) is 16.0 Å². The van der Waals surface area contributed by atoms with Crippen LogP contribution in [0.4, 0.5) is 0 Å². The summed E-state index contributed by atoms with van der Waals surface area (Å²) in [6.45, 7) is 0. The largest absolute Gasteiger partial charge is 0.457 e. The van der Waals surface area contributed by atoms with E-state index in [1.54, 1.807) is 6.26 Å². The lowest BCUT2D eigenvalue weighted by Gasteiger charge is -1.86. The van der Waals surface area contributed by atoms with Gasteiger partial charge >= 0.3 is 0 Å². The van der Waals surface area contributed by atoms with E-state index < -0.39 is 0 Å². The Morgan fingerprint density at radius 2 is 2.38 bits per heavy atom. The molecule has 0 aromatic carbocycles.